The zero-order valence-corrected chi connectivity index (χ0v) is 15.6. The zero-order chi connectivity index (χ0) is 19.4. The number of nitrogens with one attached hydrogen (secondary N) is 1. The number of rotatable bonds is 6. The van der Waals surface area contributed by atoms with Gasteiger partial charge in [0.2, 0.25) is 0 Å². The first-order chi connectivity index (χ1) is 13.0. The Balaban J connectivity index is 2.04. The maximum atomic E-state index is 13.3. The Morgan fingerprint density at radius 2 is 1.85 bits per heavy atom. The Kier molecular flexibility index (Phi) is 5.54. The molecule has 3 aromatic rings. The van der Waals surface area contributed by atoms with Gasteiger partial charge in [0, 0.05) is 11.6 Å². The van der Waals surface area contributed by atoms with Gasteiger partial charge >= 0.3 is 0 Å². The molecule has 0 aliphatic heterocycles. The van der Waals surface area contributed by atoms with E-state index < -0.39 is 0 Å². The predicted molar refractivity (Wildman–Crippen MR) is 103 cm³/mol. The van der Waals surface area contributed by atoms with Gasteiger partial charge in [0.05, 0.1) is 18.5 Å². The van der Waals surface area contributed by atoms with Crippen molar-refractivity contribution in [3.05, 3.63) is 66.1 Å². The van der Waals surface area contributed by atoms with Crippen molar-refractivity contribution in [3.63, 3.8) is 0 Å². The standard InChI is InChI=1S/C21H22FN3O2/c1-4-14(2)23-21(26)20-13-19(15-5-11-18(27-3)12-6-15)24-25(20)17-9-7-16(22)8-10-17/h5-14H,4H2,1-3H3,(H,23,26)/t14-/m1/s1. The lowest BCUT2D eigenvalue weighted by atomic mass is 10.1. The molecule has 0 saturated heterocycles. The van der Waals surface area contributed by atoms with E-state index in [1.54, 1.807) is 25.3 Å². The lowest BCUT2D eigenvalue weighted by Gasteiger charge is -2.12. The van der Waals surface area contributed by atoms with Crippen LogP contribution in [0.3, 0.4) is 0 Å². The second-order valence-corrected chi connectivity index (χ2v) is 6.31. The number of carbonyl (C=O) groups is 1. The van der Waals surface area contributed by atoms with Crippen LogP contribution in [0.15, 0.2) is 54.6 Å². The van der Waals surface area contributed by atoms with Crippen molar-refractivity contribution in [3.8, 4) is 22.7 Å². The van der Waals surface area contributed by atoms with Crippen LogP contribution in [0.2, 0.25) is 0 Å². The van der Waals surface area contributed by atoms with Crippen molar-refractivity contribution >= 4 is 5.91 Å². The van der Waals surface area contributed by atoms with Gasteiger partial charge in [0.25, 0.3) is 5.91 Å². The van der Waals surface area contributed by atoms with Crippen LogP contribution in [-0.4, -0.2) is 28.8 Å². The van der Waals surface area contributed by atoms with E-state index in [4.69, 9.17) is 4.74 Å². The quantitative estimate of drug-likeness (QED) is 0.710. The molecule has 1 atom stereocenters. The van der Waals surface area contributed by atoms with Crippen LogP contribution in [0.5, 0.6) is 5.75 Å². The molecule has 1 aromatic heterocycles. The fourth-order valence-corrected chi connectivity index (χ4v) is 2.62. The molecular weight excluding hydrogens is 345 g/mol. The average molecular weight is 367 g/mol. The second kappa shape index (κ2) is 8.03. The van der Waals surface area contributed by atoms with E-state index in [1.807, 2.05) is 38.1 Å². The van der Waals surface area contributed by atoms with Crippen LogP contribution in [0.4, 0.5) is 4.39 Å². The molecule has 0 aliphatic carbocycles. The minimum atomic E-state index is -0.341. The van der Waals surface area contributed by atoms with E-state index in [0.29, 0.717) is 17.1 Å². The largest absolute Gasteiger partial charge is 0.497 e. The van der Waals surface area contributed by atoms with Gasteiger partial charge < -0.3 is 10.1 Å². The van der Waals surface area contributed by atoms with E-state index in [9.17, 15) is 9.18 Å². The number of nitrogens with zero attached hydrogens (tertiary/aromatic N) is 2. The third-order valence-corrected chi connectivity index (χ3v) is 4.39. The van der Waals surface area contributed by atoms with Gasteiger partial charge in [0.1, 0.15) is 17.3 Å². The molecule has 0 unspecified atom stereocenters. The minimum absolute atomic E-state index is 0.0403. The van der Waals surface area contributed by atoms with Crippen LogP contribution < -0.4 is 10.1 Å². The Hall–Kier alpha value is -3.15. The van der Waals surface area contributed by atoms with E-state index >= 15 is 0 Å². The van der Waals surface area contributed by atoms with Gasteiger partial charge in [0.15, 0.2) is 0 Å². The maximum absolute atomic E-state index is 13.3. The Morgan fingerprint density at radius 3 is 2.44 bits per heavy atom. The maximum Gasteiger partial charge on any atom is 0.270 e. The topological polar surface area (TPSA) is 56.1 Å². The highest BCUT2D eigenvalue weighted by molar-refractivity contribution is 5.94. The SMILES string of the molecule is CC[C@@H](C)NC(=O)c1cc(-c2ccc(OC)cc2)nn1-c1ccc(F)cc1. The fraction of sp³-hybridized carbons (Fsp3) is 0.238. The van der Waals surface area contributed by atoms with E-state index in [2.05, 4.69) is 10.4 Å². The molecule has 3 rings (SSSR count). The number of carbonyl (C=O) groups excluding carboxylic acids is 1. The third-order valence-electron chi connectivity index (χ3n) is 4.39. The summed E-state index contributed by atoms with van der Waals surface area (Å²) in [5.41, 5.74) is 2.52. The van der Waals surface area contributed by atoms with Crippen LogP contribution in [-0.2, 0) is 0 Å². The third kappa shape index (κ3) is 4.16. The number of amides is 1. The Labute approximate surface area is 157 Å². The lowest BCUT2D eigenvalue weighted by molar-refractivity contribution is 0.0931. The van der Waals surface area contributed by atoms with Gasteiger partial charge in [-0.15, -0.1) is 0 Å². The summed E-state index contributed by atoms with van der Waals surface area (Å²) >= 11 is 0. The molecule has 0 radical (unpaired) electrons. The van der Waals surface area contributed by atoms with E-state index in [-0.39, 0.29) is 17.8 Å². The van der Waals surface area contributed by atoms with Crippen LogP contribution in [0.1, 0.15) is 30.8 Å². The normalized spacial score (nSPS) is 11.9. The summed E-state index contributed by atoms with van der Waals surface area (Å²) in [6.45, 7) is 3.95. The number of benzene rings is 2. The first-order valence-corrected chi connectivity index (χ1v) is 8.83. The summed E-state index contributed by atoms with van der Waals surface area (Å²) in [6, 6.07) is 15.1. The summed E-state index contributed by atoms with van der Waals surface area (Å²) < 4.78 is 20.0. The van der Waals surface area contributed by atoms with E-state index in [0.717, 1.165) is 17.7 Å². The van der Waals surface area contributed by atoms with Crippen molar-refractivity contribution < 1.29 is 13.9 Å². The summed E-state index contributed by atoms with van der Waals surface area (Å²) in [5.74, 6) is 0.180. The fourth-order valence-electron chi connectivity index (χ4n) is 2.62. The number of methoxy groups -OCH3 is 1. The van der Waals surface area contributed by atoms with E-state index in [1.165, 1.54) is 16.8 Å². The van der Waals surface area contributed by atoms with Crippen molar-refractivity contribution in [2.24, 2.45) is 0 Å². The molecule has 1 amide bonds. The Morgan fingerprint density at radius 1 is 1.19 bits per heavy atom. The second-order valence-electron chi connectivity index (χ2n) is 6.31. The molecule has 1 N–H and O–H groups in total. The van der Waals surface area contributed by atoms with Gasteiger partial charge in [-0.3, -0.25) is 4.79 Å². The number of halogens is 1. The predicted octanol–water partition coefficient (Wildman–Crippen LogP) is 4.22. The molecule has 2 aromatic carbocycles. The molecule has 0 saturated carbocycles. The molecule has 1 heterocycles. The molecule has 140 valence electrons. The van der Waals surface area contributed by atoms with Gasteiger partial charge in [-0.1, -0.05) is 6.92 Å². The number of ether oxygens (including phenoxy) is 1. The number of aromatic nitrogens is 2. The molecule has 0 fully saturated rings. The first kappa shape index (κ1) is 18.6. The lowest BCUT2D eigenvalue weighted by Crippen LogP contribution is -2.33. The van der Waals surface area contributed by atoms with Crippen LogP contribution >= 0.6 is 0 Å². The van der Waals surface area contributed by atoms with Crippen LogP contribution in [0.25, 0.3) is 16.9 Å². The van der Waals surface area contributed by atoms with Gasteiger partial charge in [-0.25, -0.2) is 9.07 Å². The molecule has 5 nitrogen and oxygen atoms in total. The minimum Gasteiger partial charge on any atom is -0.497 e. The highest BCUT2D eigenvalue weighted by Gasteiger charge is 2.19. The highest BCUT2D eigenvalue weighted by Crippen LogP contribution is 2.24. The van der Waals surface area contributed by atoms with Gasteiger partial charge in [-0.2, -0.15) is 5.10 Å². The summed E-state index contributed by atoms with van der Waals surface area (Å²) in [6.07, 6.45) is 0.821. The van der Waals surface area contributed by atoms with Crippen molar-refractivity contribution in [1.29, 1.82) is 0 Å². The smallest absolute Gasteiger partial charge is 0.270 e. The Bertz CT molecular complexity index is 918. The van der Waals surface area contributed by atoms with Crippen LogP contribution in [0, 0.1) is 5.82 Å². The molecule has 27 heavy (non-hydrogen) atoms. The summed E-state index contributed by atoms with van der Waals surface area (Å²) in [5, 5.41) is 7.54. The number of hydrogen-bond acceptors (Lipinski definition) is 3. The van der Waals surface area contributed by atoms with Crippen molar-refractivity contribution in [2.45, 2.75) is 26.3 Å². The zero-order valence-electron chi connectivity index (χ0n) is 15.6. The molecule has 0 bridgehead atoms. The van der Waals surface area contributed by atoms with Gasteiger partial charge in [-0.05, 0) is 67.9 Å². The molecule has 6 heteroatoms. The first-order valence-electron chi connectivity index (χ1n) is 8.83. The highest BCUT2D eigenvalue weighted by atomic mass is 19.1. The summed E-state index contributed by atoms with van der Waals surface area (Å²) in [4.78, 5) is 12.8. The summed E-state index contributed by atoms with van der Waals surface area (Å²) in [7, 11) is 1.61. The number of hydrogen-bond donors (Lipinski definition) is 1. The van der Waals surface area contributed by atoms with Crippen molar-refractivity contribution in [2.75, 3.05) is 7.11 Å². The molecule has 0 aliphatic rings. The van der Waals surface area contributed by atoms with Crippen molar-refractivity contribution in [1.82, 2.24) is 15.1 Å². The average Bonchev–Trinajstić information content (AvgIpc) is 3.14. The monoisotopic (exact) mass is 367 g/mol. The molecular formula is C21H22FN3O2. The molecule has 0 spiro atoms.